The van der Waals surface area contributed by atoms with Crippen molar-refractivity contribution in [3.05, 3.63) is 112 Å². The summed E-state index contributed by atoms with van der Waals surface area (Å²) in [7, 11) is -5.02. The number of para-hydroxylation sites is 1. The average molecular weight is 808 g/mol. The molecule has 0 fully saturated rings. The molecule has 5 aromatic rings. The van der Waals surface area contributed by atoms with Crippen molar-refractivity contribution in [1.29, 1.82) is 0 Å². The first-order valence-corrected chi connectivity index (χ1v) is 20.9. The van der Waals surface area contributed by atoms with Gasteiger partial charge in [-0.1, -0.05) is 62.4 Å². The Morgan fingerprint density at radius 2 is 1.69 bits per heavy atom. The van der Waals surface area contributed by atoms with Crippen molar-refractivity contribution in [2.45, 2.75) is 89.6 Å². The minimum absolute atomic E-state index is 0.00758. The van der Waals surface area contributed by atoms with Gasteiger partial charge in [0.25, 0.3) is 11.4 Å². The first-order chi connectivity index (χ1) is 27.6. The molecule has 1 aromatic heterocycles. The fraction of sp³-hybridized carbons (Fsp3) is 0.326. The molecule has 7 rings (SSSR count). The van der Waals surface area contributed by atoms with Gasteiger partial charge in [-0.25, -0.2) is 0 Å². The number of nitrogens with two attached hydrogens (primary N) is 1. The first-order valence-electron chi connectivity index (χ1n) is 19.3. The van der Waals surface area contributed by atoms with E-state index in [-0.39, 0.29) is 43.5 Å². The highest BCUT2D eigenvalue weighted by Gasteiger charge is 2.44. The number of aryl methyl sites for hydroxylation is 1. The number of benzene rings is 4. The summed E-state index contributed by atoms with van der Waals surface area (Å²) >= 11 is 0. The fourth-order valence-corrected chi connectivity index (χ4v) is 8.35. The van der Waals surface area contributed by atoms with E-state index < -0.39 is 61.0 Å². The van der Waals surface area contributed by atoms with Crippen LogP contribution in [0.15, 0.2) is 78.9 Å². The van der Waals surface area contributed by atoms with E-state index in [1.807, 2.05) is 31.2 Å². The van der Waals surface area contributed by atoms with Crippen LogP contribution in [0.25, 0.3) is 21.7 Å². The Kier molecular flexibility index (Phi) is 11.4. The number of aromatic nitrogens is 1. The van der Waals surface area contributed by atoms with E-state index in [2.05, 4.69) is 59.8 Å². The zero-order valence-corrected chi connectivity index (χ0v) is 33.3. The van der Waals surface area contributed by atoms with Crippen LogP contribution in [0.3, 0.4) is 0 Å². The van der Waals surface area contributed by atoms with Gasteiger partial charge in [-0.2, -0.15) is 0 Å². The predicted octanol–water partition coefficient (Wildman–Crippen LogP) is 5.12. The summed E-state index contributed by atoms with van der Waals surface area (Å²) in [6.07, 6.45) is 0.642. The normalized spacial score (nSPS) is 17.6. The Hall–Kier alpha value is -5.66. The molecular weight excluding hydrogens is 761 g/mol. The Bertz CT molecular complexity index is 2510. The molecule has 302 valence electrons. The number of amides is 4. The van der Waals surface area contributed by atoms with E-state index in [0.29, 0.717) is 28.9 Å². The largest absolute Gasteiger partial charge is 0.396 e. The number of rotatable bonds is 14. The van der Waals surface area contributed by atoms with Crippen molar-refractivity contribution in [2.24, 2.45) is 5.73 Å². The van der Waals surface area contributed by atoms with Crippen LogP contribution in [0, 0.1) is 0 Å². The molecule has 2 aliphatic heterocycles. The van der Waals surface area contributed by atoms with E-state index in [0.717, 1.165) is 27.5 Å². The number of hydrogen-bond donors (Lipinski definition) is 6. The third-order valence-electron chi connectivity index (χ3n) is 11.1. The monoisotopic (exact) mass is 807 g/mol. The number of H-pyrrole nitrogens is 1. The molecule has 15 heteroatoms. The summed E-state index contributed by atoms with van der Waals surface area (Å²) in [5.74, 6) is -1.62. The van der Waals surface area contributed by atoms with Gasteiger partial charge in [0, 0.05) is 29.3 Å². The molecule has 0 aliphatic carbocycles. The molecule has 58 heavy (non-hydrogen) atoms. The third kappa shape index (κ3) is 8.46. The van der Waals surface area contributed by atoms with E-state index in [9.17, 15) is 38.3 Å². The molecular formula is C43H46N5O9P. The van der Waals surface area contributed by atoms with Gasteiger partial charge in [-0.3, -0.25) is 33.4 Å². The van der Waals surface area contributed by atoms with Crippen molar-refractivity contribution in [1.82, 2.24) is 15.6 Å². The van der Waals surface area contributed by atoms with Crippen molar-refractivity contribution in [3.8, 4) is 0 Å². The maximum Gasteiger partial charge on any atom is 0.396 e. The van der Waals surface area contributed by atoms with E-state index in [1.54, 1.807) is 0 Å². The molecule has 0 radical (unpaired) electrons. The van der Waals surface area contributed by atoms with E-state index >= 15 is 0 Å². The number of carbonyl (C=O) groups excluding carboxylic acids is 5. The summed E-state index contributed by atoms with van der Waals surface area (Å²) in [6.45, 7) is 6.40. The standard InChI is InChI=1S/C43H46N5O9P/c1-23(2)27-9-10-28-17-25(7-8-29(28)18-27)22-57-24(3)33(15-16-38(44)49)46-41(51)37-21-30-6-4-5-26-11-14-35(42(52)48(37)39(26)30)47-40(50)36-20-32-19-31(12-13-34(32)45-36)43(53)58(54,55)56/h4-10,12-13,17-20,23-24,33,35,37,45H,11,14-16,21-22H2,1-3H3,(H2,44,49)(H,46,51)(H,47,50)(H2,54,55,56)/t24-,33+,35+,37+/m1/s1. The van der Waals surface area contributed by atoms with Gasteiger partial charge in [-0.15, -0.1) is 0 Å². The molecule has 0 saturated heterocycles. The van der Waals surface area contributed by atoms with Crippen LogP contribution in [0.2, 0.25) is 0 Å². The zero-order chi connectivity index (χ0) is 41.5. The lowest BCUT2D eigenvalue weighted by atomic mass is 9.98. The van der Waals surface area contributed by atoms with Crippen molar-refractivity contribution in [3.63, 3.8) is 0 Å². The molecule has 2 aliphatic rings. The number of anilines is 1. The predicted molar refractivity (Wildman–Crippen MR) is 218 cm³/mol. The average Bonchev–Trinajstić information content (AvgIpc) is 3.77. The lowest BCUT2D eigenvalue weighted by molar-refractivity contribution is -0.128. The SMILES string of the molecule is CC(C)c1ccc2cc(CO[C@H](C)[C@H](CCC(N)=O)NC(=O)[C@@H]3Cc4cccc5c4N3C(=O)[C@@H](NC(=O)c3cc4cc(C(=O)P(=O)(O)O)ccc4[nH]3)CC5)ccc2c1. The topological polar surface area (TPSA) is 221 Å². The molecule has 0 saturated carbocycles. The van der Waals surface area contributed by atoms with Crippen molar-refractivity contribution in [2.75, 3.05) is 4.90 Å². The summed E-state index contributed by atoms with van der Waals surface area (Å²) < 4.78 is 17.8. The van der Waals surface area contributed by atoms with E-state index in [1.165, 1.54) is 34.7 Å². The van der Waals surface area contributed by atoms with Gasteiger partial charge in [0.15, 0.2) is 0 Å². The summed E-state index contributed by atoms with van der Waals surface area (Å²) in [5, 5.41) is 8.47. The van der Waals surface area contributed by atoms with Crippen LogP contribution in [-0.4, -0.2) is 68.2 Å². The third-order valence-corrected chi connectivity index (χ3v) is 11.9. The molecule has 0 unspecified atom stereocenters. The molecule has 3 heterocycles. The highest BCUT2D eigenvalue weighted by Crippen LogP contribution is 2.40. The number of hydrogen-bond acceptors (Lipinski definition) is 7. The van der Waals surface area contributed by atoms with Gasteiger partial charge in [0.1, 0.15) is 17.8 Å². The van der Waals surface area contributed by atoms with Crippen molar-refractivity contribution < 1.29 is 43.1 Å². The smallest absolute Gasteiger partial charge is 0.372 e. The van der Waals surface area contributed by atoms with Gasteiger partial charge in [0.2, 0.25) is 17.7 Å². The molecule has 0 spiro atoms. The fourth-order valence-electron chi connectivity index (χ4n) is 7.87. The highest BCUT2D eigenvalue weighted by atomic mass is 31.2. The molecule has 4 amide bonds. The maximum absolute atomic E-state index is 14.4. The number of ether oxygens (including phenoxy) is 1. The highest BCUT2D eigenvalue weighted by molar-refractivity contribution is 7.70. The number of aromatic amines is 1. The van der Waals surface area contributed by atoms with Crippen LogP contribution in [0.1, 0.15) is 89.1 Å². The van der Waals surface area contributed by atoms with Crippen molar-refractivity contribution >= 4 is 64.1 Å². The van der Waals surface area contributed by atoms with Gasteiger partial charge in [-0.05, 0) is 95.5 Å². The van der Waals surface area contributed by atoms with Crippen LogP contribution in [0.4, 0.5) is 5.69 Å². The Morgan fingerprint density at radius 3 is 2.43 bits per heavy atom. The number of carbonyl (C=O) groups is 5. The van der Waals surface area contributed by atoms with Crippen LogP contribution in [-0.2, 0) is 43.1 Å². The second-order valence-corrected chi connectivity index (χ2v) is 17.0. The Morgan fingerprint density at radius 1 is 0.948 bits per heavy atom. The minimum atomic E-state index is -5.02. The number of nitrogens with one attached hydrogen (secondary N) is 3. The molecule has 14 nitrogen and oxygen atoms in total. The summed E-state index contributed by atoms with van der Waals surface area (Å²) in [6, 6.07) is 21.0. The lowest BCUT2D eigenvalue weighted by Crippen LogP contribution is -2.56. The second kappa shape index (κ2) is 16.3. The number of primary amides is 1. The molecule has 4 atom stereocenters. The van der Waals surface area contributed by atoms with E-state index in [4.69, 9.17) is 10.5 Å². The minimum Gasteiger partial charge on any atom is -0.372 e. The number of nitrogens with zero attached hydrogens (tertiary/aromatic N) is 1. The lowest BCUT2D eigenvalue weighted by Gasteiger charge is -2.31. The van der Waals surface area contributed by atoms with Gasteiger partial charge >= 0.3 is 7.60 Å². The summed E-state index contributed by atoms with van der Waals surface area (Å²) in [5.41, 5.74) is 9.03. The van der Waals surface area contributed by atoms with Gasteiger partial charge in [0.05, 0.1) is 24.4 Å². The maximum atomic E-state index is 14.4. The zero-order valence-electron chi connectivity index (χ0n) is 32.4. The first kappa shape index (κ1) is 40.5. The molecule has 7 N–H and O–H groups in total. The molecule has 4 aromatic carbocycles. The summed E-state index contributed by atoms with van der Waals surface area (Å²) in [4.78, 5) is 89.4. The van der Waals surface area contributed by atoms with Crippen LogP contribution < -0.4 is 21.3 Å². The Balaban J connectivity index is 1.07. The second-order valence-electron chi connectivity index (χ2n) is 15.5. The van der Waals surface area contributed by atoms with Crippen LogP contribution >= 0.6 is 7.60 Å². The van der Waals surface area contributed by atoms with Gasteiger partial charge < -0.3 is 35.9 Å². The molecule has 0 bridgehead atoms. The number of fused-ring (bicyclic) bond motifs is 2. The van der Waals surface area contributed by atoms with Crippen LogP contribution in [0.5, 0.6) is 0 Å². The Labute approximate surface area is 334 Å². The quantitative estimate of drug-likeness (QED) is 0.0819.